The fourth-order valence-electron chi connectivity index (χ4n) is 1.59. The van der Waals surface area contributed by atoms with Gasteiger partial charge in [0.05, 0.1) is 15.9 Å². The van der Waals surface area contributed by atoms with Crippen molar-refractivity contribution in [1.29, 1.82) is 0 Å². The van der Waals surface area contributed by atoms with Gasteiger partial charge < -0.3 is 10.8 Å². The summed E-state index contributed by atoms with van der Waals surface area (Å²) < 4.78 is 0. The van der Waals surface area contributed by atoms with Gasteiger partial charge in [-0.1, -0.05) is 17.7 Å². The zero-order chi connectivity index (χ0) is 13.7. The van der Waals surface area contributed by atoms with Crippen LogP contribution in [0.1, 0.15) is 12.0 Å². The molecule has 0 heterocycles. The van der Waals surface area contributed by atoms with Crippen molar-refractivity contribution in [3.8, 4) is 0 Å². The van der Waals surface area contributed by atoms with E-state index in [9.17, 15) is 14.9 Å². The zero-order valence-electron chi connectivity index (χ0n) is 9.51. The van der Waals surface area contributed by atoms with E-state index in [1.807, 2.05) is 0 Å². The molecular formula is C11H13ClN2O4. The summed E-state index contributed by atoms with van der Waals surface area (Å²) in [7, 11) is 0. The monoisotopic (exact) mass is 272 g/mol. The summed E-state index contributed by atoms with van der Waals surface area (Å²) in [4.78, 5) is 21.0. The van der Waals surface area contributed by atoms with Crippen LogP contribution in [0, 0.1) is 16.0 Å². The van der Waals surface area contributed by atoms with Gasteiger partial charge in [0.2, 0.25) is 0 Å². The maximum Gasteiger partial charge on any atom is 0.306 e. The van der Waals surface area contributed by atoms with Gasteiger partial charge in [0.25, 0.3) is 5.69 Å². The molecule has 0 aliphatic heterocycles. The van der Waals surface area contributed by atoms with E-state index in [-0.39, 0.29) is 23.7 Å². The van der Waals surface area contributed by atoms with Crippen molar-refractivity contribution in [3.63, 3.8) is 0 Å². The van der Waals surface area contributed by atoms with Crippen molar-refractivity contribution < 1.29 is 14.8 Å². The molecule has 0 aliphatic carbocycles. The third-order valence-corrected chi connectivity index (χ3v) is 2.93. The minimum atomic E-state index is -0.949. The number of benzene rings is 1. The predicted molar refractivity (Wildman–Crippen MR) is 66.6 cm³/mol. The van der Waals surface area contributed by atoms with Gasteiger partial charge in [-0.2, -0.15) is 0 Å². The Kier molecular flexibility index (Phi) is 5.06. The van der Waals surface area contributed by atoms with Gasteiger partial charge in [-0.15, -0.1) is 0 Å². The second kappa shape index (κ2) is 6.32. The number of hydrogen-bond acceptors (Lipinski definition) is 4. The number of carboxylic acid groups (broad SMARTS) is 1. The number of nitro groups is 1. The number of nitro benzene ring substituents is 1. The van der Waals surface area contributed by atoms with Crippen molar-refractivity contribution in [1.82, 2.24) is 0 Å². The number of rotatable bonds is 6. The molecule has 7 heteroatoms. The number of non-ortho nitro benzene ring substituents is 1. The quantitative estimate of drug-likeness (QED) is 0.607. The third-order valence-electron chi connectivity index (χ3n) is 2.58. The highest BCUT2D eigenvalue weighted by atomic mass is 35.5. The zero-order valence-corrected chi connectivity index (χ0v) is 10.3. The molecule has 0 saturated heterocycles. The minimum absolute atomic E-state index is 0.116. The van der Waals surface area contributed by atoms with Crippen LogP contribution in [0.15, 0.2) is 18.2 Å². The van der Waals surface area contributed by atoms with E-state index in [1.165, 1.54) is 18.2 Å². The van der Waals surface area contributed by atoms with Gasteiger partial charge in [0, 0.05) is 12.1 Å². The Hall–Kier alpha value is -1.66. The van der Waals surface area contributed by atoms with Crippen LogP contribution >= 0.6 is 11.6 Å². The number of nitrogens with two attached hydrogens (primary N) is 1. The first-order chi connectivity index (χ1) is 8.45. The topological polar surface area (TPSA) is 106 Å². The molecule has 0 aliphatic rings. The van der Waals surface area contributed by atoms with Crippen molar-refractivity contribution in [2.45, 2.75) is 12.8 Å². The van der Waals surface area contributed by atoms with Gasteiger partial charge in [-0.05, 0) is 24.9 Å². The van der Waals surface area contributed by atoms with Crippen LogP contribution in [0.2, 0.25) is 5.02 Å². The summed E-state index contributed by atoms with van der Waals surface area (Å²) in [6, 6.07) is 4.01. The molecule has 0 saturated carbocycles. The number of hydrogen-bond donors (Lipinski definition) is 2. The van der Waals surface area contributed by atoms with Gasteiger partial charge in [0.1, 0.15) is 0 Å². The third kappa shape index (κ3) is 3.68. The van der Waals surface area contributed by atoms with Crippen LogP contribution in [0.3, 0.4) is 0 Å². The predicted octanol–water partition coefficient (Wildman–Crippen LogP) is 1.84. The van der Waals surface area contributed by atoms with Gasteiger partial charge in [0.15, 0.2) is 0 Å². The molecule has 98 valence electrons. The summed E-state index contributed by atoms with van der Waals surface area (Å²) in [5.41, 5.74) is 5.79. The molecule has 0 amide bonds. The summed E-state index contributed by atoms with van der Waals surface area (Å²) in [6.07, 6.45) is 0.548. The van der Waals surface area contributed by atoms with Crippen LogP contribution in [0.5, 0.6) is 0 Å². The normalized spacial score (nSPS) is 12.1. The van der Waals surface area contributed by atoms with Gasteiger partial charge in [-0.3, -0.25) is 14.9 Å². The molecule has 0 fully saturated rings. The second-order valence-electron chi connectivity index (χ2n) is 3.85. The van der Waals surface area contributed by atoms with Crippen molar-refractivity contribution >= 4 is 23.3 Å². The summed E-state index contributed by atoms with van der Waals surface area (Å²) >= 11 is 5.89. The van der Waals surface area contributed by atoms with E-state index in [0.29, 0.717) is 12.0 Å². The fourth-order valence-corrected chi connectivity index (χ4v) is 1.85. The van der Waals surface area contributed by atoms with E-state index in [0.717, 1.165) is 0 Å². The van der Waals surface area contributed by atoms with Crippen LogP contribution in [-0.4, -0.2) is 22.5 Å². The fraction of sp³-hybridized carbons (Fsp3) is 0.364. The van der Waals surface area contributed by atoms with Gasteiger partial charge in [-0.25, -0.2) is 0 Å². The summed E-state index contributed by atoms with van der Waals surface area (Å²) in [6.45, 7) is 0.265. The molecular weight excluding hydrogens is 260 g/mol. The lowest BCUT2D eigenvalue weighted by atomic mass is 9.96. The molecule has 0 radical (unpaired) electrons. The van der Waals surface area contributed by atoms with E-state index in [4.69, 9.17) is 22.4 Å². The number of halogens is 1. The largest absolute Gasteiger partial charge is 0.481 e. The first-order valence-corrected chi connectivity index (χ1v) is 5.69. The SMILES string of the molecule is NCCC(Cc1ccc([N+](=O)[O-])cc1Cl)C(=O)O. The molecule has 3 N–H and O–H groups in total. The number of nitrogens with zero attached hydrogens (tertiary/aromatic N) is 1. The number of carboxylic acids is 1. The smallest absolute Gasteiger partial charge is 0.306 e. The van der Waals surface area contributed by atoms with E-state index < -0.39 is 16.8 Å². The lowest BCUT2D eigenvalue weighted by Gasteiger charge is -2.12. The maximum absolute atomic E-state index is 11.0. The molecule has 1 unspecified atom stereocenters. The van der Waals surface area contributed by atoms with Crippen LogP contribution in [0.4, 0.5) is 5.69 Å². The molecule has 0 bridgehead atoms. The van der Waals surface area contributed by atoms with E-state index >= 15 is 0 Å². The molecule has 1 rings (SSSR count). The lowest BCUT2D eigenvalue weighted by Crippen LogP contribution is -2.20. The maximum atomic E-state index is 11.0. The highest BCUT2D eigenvalue weighted by molar-refractivity contribution is 6.31. The Morgan fingerprint density at radius 1 is 1.56 bits per heavy atom. The van der Waals surface area contributed by atoms with Crippen molar-refractivity contribution in [2.24, 2.45) is 11.7 Å². The molecule has 18 heavy (non-hydrogen) atoms. The standard InChI is InChI=1S/C11H13ClN2O4/c12-10-6-9(14(17)18)2-1-7(10)5-8(3-4-13)11(15)16/h1-2,6,8H,3-5,13H2,(H,15,16). The van der Waals surface area contributed by atoms with Crippen molar-refractivity contribution in [3.05, 3.63) is 38.9 Å². The average molecular weight is 273 g/mol. The lowest BCUT2D eigenvalue weighted by molar-refractivity contribution is -0.384. The highest BCUT2D eigenvalue weighted by Gasteiger charge is 2.19. The molecule has 0 spiro atoms. The average Bonchev–Trinajstić information content (AvgIpc) is 2.30. The Bertz CT molecular complexity index is 464. The highest BCUT2D eigenvalue weighted by Crippen LogP contribution is 2.25. The molecule has 1 aromatic rings. The Morgan fingerprint density at radius 3 is 2.67 bits per heavy atom. The van der Waals surface area contributed by atoms with E-state index in [2.05, 4.69) is 0 Å². The second-order valence-corrected chi connectivity index (χ2v) is 4.26. The first kappa shape index (κ1) is 14.4. The van der Waals surface area contributed by atoms with E-state index in [1.54, 1.807) is 0 Å². The van der Waals surface area contributed by atoms with Crippen LogP contribution in [-0.2, 0) is 11.2 Å². The Morgan fingerprint density at radius 2 is 2.22 bits per heavy atom. The Balaban J connectivity index is 2.90. The molecule has 0 aromatic heterocycles. The molecule has 1 aromatic carbocycles. The summed E-state index contributed by atoms with van der Waals surface area (Å²) in [5, 5.41) is 19.7. The number of aliphatic carboxylic acids is 1. The van der Waals surface area contributed by atoms with Crippen molar-refractivity contribution in [2.75, 3.05) is 6.54 Å². The first-order valence-electron chi connectivity index (χ1n) is 5.31. The van der Waals surface area contributed by atoms with Gasteiger partial charge >= 0.3 is 5.97 Å². The molecule has 6 nitrogen and oxygen atoms in total. The van der Waals surface area contributed by atoms with Crippen LogP contribution < -0.4 is 5.73 Å². The number of carbonyl (C=O) groups is 1. The molecule has 1 atom stereocenters. The Labute approximate surface area is 109 Å². The van der Waals surface area contributed by atoms with Crippen LogP contribution in [0.25, 0.3) is 0 Å². The minimum Gasteiger partial charge on any atom is -0.481 e. The summed E-state index contributed by atoms with van der Waals surface area (Å²) in [5.74, 6) is -1.58.